The van der Waals surface area contributed by atoms with Crippen molar-refractivity contribution < 1.29 is 21.6 Å². The number of hydrogen-bond donors (Lipinski definition) is 1. The largest absolute Gasteiger partial charge is 0.402 e. The molecule has 0 aliphatic rings. The third-order valence-electron chi connectivity index (χ3n) is 2.08. The fraction of sp³-hybridized carbons (Fsp3) is 0.333. The number of benzene rings is 1. The zero-order valence-corrected chi connectivity index (χ0v) is 10.8. The van der Waals surface area contributed by atoms with Crippen LogP contribution in [0.15, 0.2) is 23.1 Å². The van der Waals surface area contributed by atoms with Gasteiger partial charge in [-0.1, -0.05) is 11.6 Å². The first-order valence-corrected chi connectivity index (χ1v) is 6.44. The van der Waals surface area contributed by atoms with E-state index in [2.05, 4.69) is 0 Å². The van der Waals surface area contributed by atoms with Crippen molar-refractivity contribution in [2.45, 2.75) is 11.1 Å². The van der Waals surface area contributed by atoms with Gasteiger partial charge in [-0.15, -0.1) is 0 Å². The van der Waals surface area contributed by atoms with Crippen molar-refractivity contribution >= 4 is 27.3 Å². The second-order valence-electron chi connectivity index (χ2n) is 3.56. The maximum absolute atomic E-state index is 12.1. The molecule has 102 valence electrons. The summed E-state index contributed by atoms with van der Waals surface area (Å²) < 4.78 is 60.2. The van der Waals surface area contributed by atoms with Crippen LogP contribution < -0.4 is 5.73 Å². The second-order valence-corrected chi connectivity index (χ2v) is 6.01. The van der Waals surface area contributed by atoms with Crippen LogP contribution in [0, 0.1) is 0 Å². The molecule has 0 bridgehead atoms. The van der Waals surface area contributed by atoms with Gasteiger partial charge in [-0.2, -0.15) is 17.5 Å². The lowest BCUT2D eigenvalue weighted by molar-refractivity contribution is -0.134. The number of rotatable bonds is 3. The van der Waals surface area contributed by atoms with E-state index in [0.717, 1.165) is 19.2 Å². The van der Waals surface area contributed by atoms with E-state index in [0.29, 0.717) is 0 Å². The molecular weight excluding hydrogens is 293 g/mol. The van der Waals surface area contributed by atoms with Gasteiger partial charge in [0, 0.05) is 7.05 Å². The summed E-state index contributed by atoms with van der Waals surface area (Å²) in [6.07, 6.45) is -4.61. The van der Waals surface area contributed by atoms with Crippen LogP contribution in [-0.2, 0) is 10.0 Å². The minimum Gasteiger partial charge on any atom is -0.398 e. The summed E-state index contributed by atoms with van der Waals surface area (Å²) in [6, 6.07) is 3.33. The molecule has 0 atom stereocenters. The zero-order chi connectivity index (χ0) is 14.1. The topological polar surface area (TPSA) is 63.4 Å². The Labute approximate surface area is 107 Å². The molecule has 0 unspecified atom stereocenters. The van der Waals surface area contributed by atoms with Gasteiger partial charge in [0.25, 0.3) is 0 Å². The van der Waals surface area contributed by atoms with Gasteiger partial charge >= 0.3 is 6.18 Å². The Hall–Kier alpha value is -0.990. The van der Waals surface area contributed by atoms with Gasteiger partial charge in [-0.25, -0.2) is 8.42 Å². The Morgan fingerprint density at radius 1 is 1.39 bits per heavy atom. The highest BCUT2D eigenvalue weighted by molar-refractivity contribution is 7.89. The van der Waals surface area contributed by atoms with Crippen LogP contribution in [0.5, 0.6) is 0 Å². The lowest BCUT2D eigenvalue weighted by Crippen LogP contribution is -2.35. The number of hydrogen-bond acceptors (Lipinski definition) is 3. The average Bonchev–Trinajstić information content (AvgIpc) is 2.19. The van der Waals surface area contributed by atoms with Crippen molar-refractivity contribution in [3.63, 3.8) is 0 Å². The highest BCUT2D eigenvalue weighted by atomic mass is 35.5. The smallest absolute Gasteiger partial charge is 0.398 e. The first-order valence-electron chi connectivity index (χ1n) is 4.62. The standard InChI is InChI=1S/C9H10ClF3N2O2S/c1-15(5-9(11,12)13)18(16,17)6-2-3-8(14)7(10)4-6/h2-4H,5,14H2,1H3. The van der Waals surface area contributed by atoms with Crippen molar-refractivity contribution in [1.29, 1.82) is 0 Å². The molecule has 18 heavy (non-hydrogen) atoms. The van der Waals surface area contributed by atoms with E-state index in [1.54, 1.807) is 0 Å². The number of sulfonamides is 1. The van der Waals surface area contributed by atoms with Gasteiger partial charge < -0.3 is 5.73 Å². The lowest BCUT2D eigenvalue weighted by Gasteiger charge is -2.19. The molecule has 0 saturated heterocycles. The number of anilines is 1. The SMILES string of the molecule is CN(CC(F)(F)F)S(=O)(=O)c1ccc(N)c(Cl)c1. The maximum Gasteiger partial charge on any atom is 0.402 e. The van der Waals surface area contributed by atoms with Crippen LogP contribution in [-0.4, -0.2) is 32.5 Å². The predicted molar refractivity (Wildman–Crippen MR) is 61.7 cm³/mol. The molecule has 0 heterocycles. The summed E-state index contributed by atoms with van der Waals surface area (Å²) in [5, 5.41) is -0.0310. The van der Waals surface area contributed by atoms with Gasteiger partial charge in [0.2, 0.25) is 10.0 Å². The minimum absolute atomic E-state index is 0.0310. The van der Waals surface area contributed by atoms with Crippen molar-refractivity contribution in [1.82, 2.24) is 4.31 Å². The third kappa shape index (κ3) is 3.50. The summed E-state index contributed by atoms with van der Waals surface area (Å²) in [5.41, 5.74) is 5.54. The molecule has 1 aromatic carbocycles. The molecule has 0 radical (unpaired) electrons. The Bertz CT molecular complexity index is 545. The van der Waals surface area contributed by atoms with E-state index in [9.17, 15) is 21.6 Å². The van der Waals surface area contributed by atoms with Gasteiger partial charge in [0.05, 0.1) is 15.6 Å². The number of alkyl halides is 3. The fourth-order valence-corrected chi connectivity index (χ4v) is 2.61. The summed E-state index contributed by atoms with van der Waals surface area (Å²) >= 11 is 5.63. The molecule has 0 amide bonds. The number of nitrogen functional groups attached to an aromatic ring is 1. The van der Waals surface area contributed by atoms with Crippen LogP contribution in [0.25, 0.3) is 0 Å². The molecular formula is C9H10ClF3N2O2S. The molecule has 2 N–H and O–H groups in total. The van der Waals surface area contributed by atoms with Crippen LogP contribution >= 0.6 is 11.6 Å². The second kappa shape index (κ2) is 4.94. The maximum atomic E-state index is 12.1. The van der Waals surface area contributed by atoms with E-state index < -0.39 is 22.7 Å². The Morgan fingerprint density at radius 3 is 2.39 bits per heavy atom. The van der Waals surface area contributed by atoms with Crippen molar-refractivity contribution in [3.8, 4) is 0 Å². The highest BCUT2D eigenvalue weighted by Gasteiger charge is 2.34. The molecule has 1 aromatic rings. The molecule has 4 nitrogen and oxygen atoms in total. The number of nitrogens with two attached hydrogens (primary N) is 1. The third-order valence-corrected chi connectivity index (χ3v) is 4.21. The molecule has 0 spiro atoms. The van der Waals surface area contributed by atoms with Crippen LogP contribution in [0.4, 0.5) is 18.9 Å². The van der Waals surface area contributed by atoms with E-state index in [1.165, 1.54) is 6.07 Å². The van der Waals surface area contributed by atoms with Crippen LogP contribution in [0.1, 0.15) is 0 Å². The monoisotopic (exact) mass is 302 g/mol. The highest BCUT2D eigenvalue weighted by Crippen LogP contribution is 2.26. The molecule has 9 heteroatoms. The van der Waals surface area contributed by atoms with Gasteiger partial charge in [0.15, 0.2) is 0 Å². The fourth-order valence-electron chi connectivity index (χ4n) is 1.19. The van der Waals surface area contributed by atoms with E-state index in [1.807, 2.05) is 0 Å². The van der Waals surface area contributed by atoms with E-state index >= 15 is 0 Å². The molecule has 0 aromatic heterocycles. The van der Waals surface area contributed by atoms with E-state index in [4.69, 9.17) is 17.3 Å². The zero-order valence-electron chi connectivity index (χ0n) is 9.20. The average molecular weight is 303 g/mol. The number of halogens is 4. The Balaban J connectivity index is 3.10. The van der Waals surface area contributed by atoms with Crippen LogP contribution in [0.3, 0.4) is 0 Å². The summed E-state index contributed by atoms with van der Waals surface area (Å²) in [5.74, 6) is 0. The van der Waals surface area contributed by atoms with Crippen molar-refractivity contribution in [3.05, 3.63) is 23.2 Å². The summed E-state index contributed by atoms with van der Waals surface area (Å²) in [4.78, 5) is -0.339. The van der Waals surface area contributed by atoms with Crippen LogP contribution in [0.2, 0.25) is 5.02 Å². The lowest BCUT2D eigenvalue weighted by atomic mass is 10.3. The van der Waals surface area contributed by atoms with Crippen molar-refractivity contribution in [2.24, 2.45) is 0 Å². The molecule has 0 saturated carbocycles. The van der Waals surface area contributed by atoms with Gasteiger partial charge in [-0.3, -0.25) is 0 Å². The Kier molecular flexibility index (Phi) is 4.14. The number of nitrogens with zero attached hydrogens (tertiary/aromatic N) is 1. The van der Waals surface area contributed by atoms with E-state index in [-0.39, 0.29) is 19.9 Å². The molecule has 0 fully saturated rings. The first-order chi connectivity index (χ1) is 8.04. The molecule has 0 aliphatic carbocycles. The summed E-state index contributed by atoms with van der Waals surface area (Å²) in [7, 11) is -3.40. The molecule has 0 aliphatic heterocycles. The molecule has 1 rings (SSSR count). The van der Waals surface area contributed by atoms with Gasteiger partial charge in [0.1, 0.15) is 6.54 Å². The quantitative estimate of drug-likeness (QED) is 0.870. The minimum atomic E-state index is -4.61. The van der Waals surface area contributed by atoms with Crippen molar-refractivity contribution in [2.75, 3.05) is 19.3 Å². The van der Waals surface area contributed by atoms with Gasteiger partial charge in [-0.05, 0) is 18.2 Å². The first kappa shape index (κ1) is 15.1. The Morgan fingerprint density at radius 2 is 1.94 bits per heavy atom. The predicted octanol–water partition coefficient (Wildman–Crippen LogP) is 2.10. The summed E-state index contributed by atoms with van der Waals surface area (Å²) in [6.45, 7) is -1.57. The normalized spacial score (nSPS) is 13.0.